The lowest BCUT2D eigenvalue weighted by Gasteiger charge is -2.58. The van der Waals surface area contributed by atoms with Crippen LogP contribution in [0.25, 0.3) is 0 Å². The number of Topliss-reactive ketones (excluding diaryl/α,β-unsaturated/α-hetero) is 1. The Labute approximate surface area is 205 Å². The Morgan fingerprint density at radius 2 is 1.64 bits per heavy atom. The Balaban J connectivity index is 1.51. The third-order valence-electron chi connectivity index (χ3n) is 11.1. The number of hydrogen-bond acceptors (Lipinski definition) is 2. The number of hydrogen-bond donors (Lipinski definition) is 0. The topological polar surface area (TPSA) is 26.3 Å². The highest BCUT2D eigenvalue weighted by atomic mass is 28.4. The van der Waals surface area contributed by atoms with Gasteiger partial charge in [0.25, 0.3) is 0 Å². The van der Waals surface area contributed by atoms with Crippen LogP contribution in [0.5, 0.6) is 0 Å². The van der Waals surface area contributed by atoms with Crippen molar-refractivity contribution in [1.82, 2.24) is 0 Å². The summed E-state index contributed by atoms with van der Waals surface area (Å²) in [6.45, 7) is 14.0. The number of carbonyl (C=O) groups excluding carboxylic acids is 1. The van der Waals surface area contributed by atoms with Gasteiger partial charge in [-0.1, -0.05) is 65.5 Å². The van der Waals surface area contributed by atoms with Gasteiger partial charge in [0.2, 0.25) is 0 Å². The fraction of sp³-hybridized carbons (Fsp3) is 0.900. The minimum absolute atomic E-state index is 0.265. The summed E-state index contributed by atoms with van der Waals surface area (Å²) in [6, 6.07) is 4.05. The second-order valence-electron chi connectivity index (χ2n) is 13.0. The quantitative estimate of drug-likeness (QED) is 0.248. The third kappa shape index (κ3) is 4.48. The lowest BCUT2D eigenvalue weighted by molar-refractivity contribution is -0.127. The molecule has 0 aromatic heterocycles. The zero-order valence-electron chi connectivity index (χ0n) is 22.7. The summed E-state index contributed by atoms with van der Waals surface area (Å²) < 4.78 is 7.22. The van der Waals surface area contributed by atoms with Gasteiger partial charge < -0.3 is 4.43 Å². The SMILES string of the molecule is CCC[Si](CCC)(CCC)OC1CCC2(C)C(=CCC3C2CCC2(C)C(C(C)=O)CCC32)C1. The molecule has 0 aromatic carbocycles. The molecule has 0 bridgehead atoms. The monoisotopic (exact) mass is 472 g/mol. The third-order valence-corrected chi connectivity index (χ3v) is 16.1. The minimum Gasteiger partial charge on any atom is -0.414 e. The highest BCUT2D eigenvalue weighted by Gasteiger charge is 2.59. The number of allylic oxidation sites excluding steroid dienone is 1. The largest absolute Gasteiger partial charge is 0.414 e. The van der Waals surface area contributed by atoms with E-state index in [1.807, 2.05) is 6.92 Å². The second-order valence-corrected chi connectivity index (χ2v) is 17.1. The van der Waals surface area contributed by atoms with Crippen molar-refractivity contribution < 1.29 is 9.22 Å². The average Bonchev–Trinajstić information content (AvgIpc) is 3.12. The first-order valence-corrected chi connectivity index (χ1v) is 17.1. The molecule has 0 saturated heterocycles. The summed E-state index contributed by atoms with van der Waals surface area (Å²) in [5.41, 5.74) is 2.39. The molecule has 3 saturated carbocycles. The molecule has 188 valence electrons. The Hall–Kier alpha value is -0.413. The van der Waals surface area contributed by atoms with Gasteiger partial charge in [-0.05, 0) is 105 Å². The van der Waals surface area contributed by atoms with Crippen LogP contribution in [0.2, 0.25) is 18.1 Å². The maximum atomic E-state index is 12.4. The molecular weight excluding hydrogens is 420 g/mol. The number of rotatable bonds is 9. The van der Waals surface area contributed by atoms with Gasteiger partial charge in [0.15, 0.2) is 8.32 Å². The lowest BCUT2D eigenvalue weighted by atomic mass is 9.47. The molecule has 7 atom stereocenters. The van der Waals surface area contributed by atoms with Crippen LogP contribution in [-0.2, 0) is 9.22 Å². The Kier molecular flexibility index (Phi) is 7.72. The molecule has 0 N–H and O–H groups in total. The van der Waals surface area contributed by atoms with Crippen molar-refractivity contribution in [2.75, 3.05) is 0 Å². The fourth-order valence-electron chi connectivity index (χ4n) is 9.67. The molecule has 4 aliphatic rings. The zero-order chi connectivity index (χ0) is 23.9. The summed E-state index contributed by atoms with van der Waals surface area (Å²) in [6.07, 6.45) is 17.1. The van der Waals surface area contributed by atoms with Crippen LogP contribution in [0.4, 0.5) is 0 Å². The average molecular weight is 473 g/mol. The molecular formula is C30H52O2Si. The Bertz CT molecular complexity index is 727. The summed E-state index contributed by atoms with van der Waals surface area (Å²) in [7, 11) is -1.60. The molecule has 4 aliphatic carbocycles. The number of carbonyl (C=O) groups is 1. The van der Waals surface area contributed by atoms with Gasteiger partial charge in [0.05, 0.1) is 0 Å². The molecule has 7 unspecified atom stereocenters. The first-order chi connectivity index (χ1) is 15.7. The van der Waals surface area contributed by atoms with Gasteiger partial charge in [-0.15, -0.1) is 0 Å². The van der Waals surface area contributed by atoms with E-state index in [1.165, 1.54) is 82.3 Å². The first-order valence-electron chi connectivity index (χ1n) is 14.6. The van der Waals surface area contributed by atoms with Gasteiger partial charge in [-0.2, -0.15) is 0 Å². The van der Waals surface area contributed by atoms with Gasteiger partial charge in [0, 0.05) is 12.0 Å². The highest BCUT2D eigenvalue weighted by molar-refractivity contribution is 6.73. The van der Waals surface area contributed by atoms with Crippen LogP contribution in [0.3, 0.4) is 0 Å². The second kappa shape index (κ2) is 9.92. The zero-order valence-corrected chi connectivity index (χ0v) is 23.7. The maximum Gasteiger partial charge on any atom is 0.193 e. The van der Waals surface area contributed by atoms with Crippen molar-refractivity contribution in [1.29, 1.82) is 0 Å². The normalized spacial score (nSPS) is 40.5. The van der Waals surface area contributed by atoms with E-state index < -0.39 is 8.32 Å². The molecule has 4 rings (SSSR count). The van der Waals surface area contributed by atoms with Gasteiger partial charge in [0.1, 0.15) is 5.78 Å². The first kappa shape index (κ1) is 25.7. The van der Waals surface area contributed by atoms with E-state index in [0.717, 1.165) is 24.2 Å². The fourth-order valence-corrected chi connectivity index (χ4v) is 14.4. The molecule has 3 heteroatoms. The molecule has 0 aliphatic heterocycles. The predicted molar refractivity (Wildman–Crippen MR) is 142 cm³/mol. The van der Waals surface area contributed by atoms with E-state index >= 15 is 0 Å². The lowest BCUT2D eigenvalue weighted by Crippen LogP contribution is -2.52. The predicted octanol–water partition coefficient (Wildman–Crippen LogP) is 8.72. The van der Waals surface area contributed by atoms with Crippen LogP contribution < -0.4 is 0 Å². The van der Waals surface area contributed by atoms with Crippen molar-refractivity contribution in [3.05, 3.63) is 11.6 Å². The summed E-state index contributed by atoms with van der Waals surface area (Å²) in [5.74, 6) is 3.15. The Morgan fingerprint density at radius 1 is 0.970 bits per heavy atom. The number of ketones is 1. The molecule has 0 heterocycles. The molecule has 0 amide bonds. The van der Waals surface area contributed by atoms with Crippen molar-refractivity contribution >= 4 is 14.1 Å². The van der Waals surface area contributed by atoms with E-state index in [2.05, 4.69) is 40.7 Å². The molecule has 33 heavy (non-hydrogen) atoms. The summed E-state index contributed by atoms with van der Waals surface area (Å²) >= 11 is 0. The smallest absolute Gasteiger partial charge is 0.193 e. The molecule has 0 aromatic rings. The molecule has 3 fully saturated rings. The van der Waals surface area contributed by atoms with Crippen LogP contribution in [0.1, 0.15) is 112 Å². The van der Waals surface area contributed by atoms with Gasteiger partial charge in [-0.3, -0.25) is 4.79 Å². The minimum atomic E-state index is -1.60. The van der Waals surface area contributed by atoms with E-state index in [-0.39, 0.29) is 5.41 Å². The molecule has 0 spiro atoms. The van der Waals surface area contributed by atoms with E-state index in [9.17, 15) is 4.79 Å². The van der Waals surface area contributed by atoms with Crippen LogP contribution in [-0.4, -0.2) is 20.2 Å². The molecule has 2 nitrogen and oxygen atoms in total. The van der Waals surface area contributed by atoms with E-state index in [1.54, 1.807) is 5.57 Å². The van der Waals surface area contributed by atoms with Crippen molar-refractivity contribution in [2.45, 2.75) is 136 Å². The van der Waals surface area contributed by atoms with Crippen molar-refractivity contribution in [3.63, 3.8) is 0 Å². The van der Waals surface area contributed by atoms with E-state index in [4.69, 9.17) is 4.43 Å². The molecule has 0 radical (unpaired) electrons. The van der Waals surface area contributed by atoms with Gasteiger partial charge in [-0.25, -0.2) is 0 Å². The standard InChI is InChI=1S/C30H52O2Si/c1-7-18-33(19-8-2,20-9-3)32-24-14-16-29(5)23(21-24)10-11-25-27-13-12-26(22(4)31)30(27,6)17-15-28(25)29/h10,24-28H,7-9,11-21H2,1-6H3. The highest BCUT2D eigenvalue weighted by Crippen LogP contribution is 2.66. The van der Waals surface area contributed by atoms with Crippen LogP contribution in [0, 0.1) is 34.5 Å². The Morgan fingerprint density at radius 3 is 2.24 bits per heavy atom. The summed E-state index contributed by atoms with van der Waals surface area (Å²) in [4.78, 5) is 12.4. The van der Waals surface area contributed by atoms with E-state index in [0.29, 0.717) is 23.2 Å². The van der Waals surface area contributed by atoms with Crippen molar-refractivity contribution in [2.24, 2.45) is 34.5 Å². The number of fused-ring (bicyclic) bond motifs is 5. The maximum absolute atomic E-state index is 12.4. The van der Waals surface area contributed by atoms with Gasteiger partial charge >= 0.3 is 0 Å². The van der Waals surface area contributed by atoms with Crippen LogP contribution >= 0.6 is 0 Å². The van der Waals surface area contributed by atoms with Crippen molar-refractivity contribution in [3.8, 4) is 0 Å². The van der Waals surface area contributed by atoms with Crippen LogP contribution in [0.15, 0.2) is 11.6 Å². The summed E-state index contributed by atoms with van der Waals surface area (Å²) in [5, 5.41) is 0.